The lowest BCUT2D eigenvalue weighted by Crippen LogP contribution is -2.14. The van der Waals surface area contributed by atoms with E-state index in [-0.39, 0.29) is 5.91 Å². The summed E-state index contributed by atoms with van der Waals surface area (Å²) in [5.74, 6) is 0.422. The van der Waals surface area contributed by atoms with E-state index < -0.39 is 0 Å². The summed E-state index contributed by atoms with van der Waals surface area (Å²) in [6.45, 7) is 5.69. The first kappa shape index (κ1) is 12.6. The number of nitrogens with zero attached hydrogens (tertiary/aromatic N) is 3. The van der Waals surface area contributed by atoms with Crippen molar-refractivity contribution in [3.63, 3.8) is 0 Å². The molecule has 0 spiro atoms. The van der Waals surface area contributed by atoms with Crippen molar-refractivity contribution in [2.75, 3.05) is 5.32 Å². The Morgan fingerprint density at radius 2 is 2.17 bits per heavy atom. The molecule has 0 bridgehead atoms. The van der Waals surface area contributed by atoms with Gasteiger partial charge in [-0.05, 0) is 43.4 Å². The van der Waals surface area contributed by atoms with Crippen LogP contribution in [-0.4, -0.2) is 20.5 Å². The van der Waals surface area contributed by atoms with Crippen LogP contribution in [0.1, 0.15) is 33.5 Å². The molecule has 2 heterocycles. The van der Waals surface area contributed by atoms with E-state index in [4.69, 9.17) is 0 Å². The van der Waals surface area contributed by atoms with Gasteiger partial charge in [-0.25, -0.2) is 4.98 Å². The zero-order valence-corrected chi connectivity index (χ0v) is 11.3. The van der Waals surface area contributed by atoms with Crippen molar-refractivity contribution in [2.24, 2.45) is 0 Å². The highest BCUT2D eigenvalue weighted by Crippen LogP contribution is 2.17. The molecule has 0 aromatic carbocycles. The van der Waals surface area contributed by atoms with Crippen LogP contribution in [0.25, 0.3) is 0 Å². The minimum absolute atomic E-state index is 0.199. The third-order valence-corrected chi connectivity index (χ3v) is 3.42. The molecule has 0 aliphatic carbocycles. The largest absolute Gasteiger partial charge is 0.306 e. The van der Waals surface area contributed by atoms with E-state index in [0.717, 1.165) is 29.2 Å². The van der Waals surface area contributed by atoms with Crippen molar-refractivity contribution >= 4 is 23.3 Å². The Bertz CT molecular complexity index is 579. The molecule has 0 aliphatic heterocycles. The Hall–Kier alpha value is -1.82. The lowest BCUT2D eigenvalue weighted by Gasteiger charge is -2.08. The van der Waals surface area contributed by atoms with Crippen molar-refractivity contribution in [2.45, 2.75) is 27.2 Å². The number of carbonyl (C=O) groups is 1. The van der Waals surface area contributed by atoms with Gasteiger partial charge in [-0.2, -0.15) is 0 Å². The van der Waals surface area contributed by atoms with Gasteiger partial charge in [0.2, 0.25) is 0 Å². The van der Waals surface area contributed by atoms with Gasteiger partial charge in [-0.15, -0.1) is 5.10 Å². The minimum atomic E-state index is -0.199. The van der Waals surface area contributed by atoms with Gasteiger partial charge in [0.05, 0.1) is 5.69 Å². The summed E-state index contributed by atoms with van der Waals surface area (Å²) in [6, 6.07) is 3.92. The molecule has 0 saturated heterocycles. The summed E-state index contributed by atoms with van der Waals surface area (Å²) < 4.78 is 3.75. The first-order valence-corrected chi connectivity index (χ1v) is 6.46. The molecule has 2 rings (SSSR count). The van der Waals surface area contributed by atoms with Crippen molar-refractivity contribution in [1.29, 1.82) is 0 Å². The topological polar surface area (TPSA) is 67.8 Å². The monoisotopic (exact) mass is 262 g/mol. The predicted octanol–water partition coefficient (Wildman–Crippen LogP) is 2.36. The number of amides is 1. The maximum absolute atomic E-state index is 12.1. The fourth-order valence-corrected chi connectivity index (χ4v) is 2.13. The van der Waals surface area contributed by atoms with Gasteiger partial charge in [0.25, 0.3) is 5.91 Å². The fourth-order valence-electron chi connectivity index (χ4n) is 1.58. The van der Waals surface area contributed by atoms with Gasteiger partial charge in [0.15, 0.2) is 0 Å². The van der Waals surface area contributed by atoms with E-state index in [9.17, 15) is 4.79 Å². The zero-order chi connectivity index (χ0) is 13.1. The molecular formula is C12H14N4OS. The Kier molecular flexibility index (Phi) is 3.66. The maximum Gasteiger partial charge on any atom is 0.270 e. The number of aryl methyl sites for hydroxylation is 3. The average Bonchev–Trinajstić information content (AvgIpc) is 2.76. The first-order valence-electron chi connectivity index (χ1n) is 5.68. The van der Waals surface area contributed by atoms with Crippen LogP contribution in [-0.2, 0) is 6.42 Å². The van der Waals surface area contributed by atoms with Gasteiger partial charge in [0.1, 0.15) is 10.7 Å². The number of hydrogen-bond acceptors (Lipinski definition) is 5. The van der Waals surface area contributed by atoms with E-state index in [2.05, 4.69) is 19.9 Å². The molecule has 6 heteroatoms. The molecule has 0 saturated carbocycles. The van der Waals surface area contributed by atoms with E-state index in [0.29, 0.717) is 16.4 Å². The van der Waals surface area contributed by atoms with Gasteiger partial charge >= 0.3 is 0 Å². The molecule has 5 nitrogen and oxygen atoms in total. The Labute approximate surface area is 109 Å². The fraction of sp³-hybridized carbons (Fsp3) is 0.333. The van der Waals surface area contributed by atoms with Crippen molar-refractivity contribution < 1.29 is 4.79 Å². The van der Waals surface area contributed by atoms with Crippen LogP contribution in [0, 0.1) is 13.8 Å². The SMILES string of the molecule is CCc1ccc(C)nc1NC(=O)c1snnc1C. The Morgan fingerprint density at radius 1 is 1.39 bits per heavy atom. The number of aromatic nitrogens is 3. The van der Waals surface area contributed by atoms with Crippen LogP contribution in [0.4, 0.5) is 5.82 Å². The second-order valence-corrected chi connectivity index (χ2v) is 4.71. The molecule has 2 aromatic rings. The molecule has 2 aromatic heterocycles. The predicted molar refractivity (Wildman–Crippen MR) is 71.0 cm³/mol. The van der Waals surface area contributed by atoms with Crippen molar-refractivity contribution in [3.8, 4) is 0 Å². The van der Waals surface area contributed by atoms with E-state index in [1.807, 2.05) is 26.0 Å². The highest BCUT2D eigenvalue weighted by molar-refractivity contribution is 7.08. The van der Waals surface area contributed by atoms with E-state index in [1.54, 1.807) is 6.92 Å². The second kappa shape index (κ2) is 5.22. The van der Waals surface area contributed by atoms with Crippen LogP contribution >= 0.6 is 11.5 Å². The molecular weight excluding hydrogens is 248 g/mol. The Morgan fingerprint density at radius 3 is 2.78 bits per heavy atom. The normalized spacial score (nSPS) is 10.4. The highest BCUT2D eigenvalue weighted by Gasteiger charge is 2.15. The third-order valence-electron chi connectivity index (χ3n) is 2.59. The number of nitrogens with one attached hydrogen (secondary N) is 1. The van der Waals surface area contributed by atoms with Crippen molar-refractivity contribution in [1.82, 2.24) is 14.6 Å². The molecule has 0 unspecified atom stereocenters. The van der Waals surface area contributed by atoms with Gasteiger partial charge in [-0.3, -0.25) is 4.79 Å². The van der Waals surface area contributed by atoms with Crippen molar-refractivity contribution in [3.05, 3.63) is 34.0 Å². The number of rotatable bonds is 3. The second-order valence-electron chi connectivity index (χ2n) is 3.96. The van der Waals surface area contributed by atoms with Crippen LogP contribution < -0.4 is 5.32 Å². The molecule has 1 N–H and O–H groups in total. The smallest absolute Gasteiger partial charge is 0.270 e. The summed E-state index contributed by atoms with van der Waals surface area (Å²) >= 11 is 1.09. The number of pyridine rings is 1. The molecule has 18 heavy (non-hydrogen) atoms. The highest BCUT2D eigenvalue weighted by atomic mass is 32.1. The zero-order valence-electron chi connectivity index (χ0n) is 10.5. The van der Waals surface area contributed by atoms with E-state index in [1.165, 1.54) is 0 Å². The quantitative estimate of drug-likeness (QED) is 0.922. The van der Waals surface area contributed by atoms with Crippen LogP contribution in [0.2, 0.25) is 0 Å². The Balaban J connectivity index is 2.27. The number of anilines is 1. The summed E-state index contributed by atoms with van der Waals surface area (Å²) in [5, 5.41) is 6.65. The molecule has 1 amide bonds. The van der Waals surface area contributed by atoms with Gasteiger partial charge in [-0.1, -0.05) is 17.5 Å². The van der Waals surface area contributed by atoms with Crippen LogP contribution in [0.15, 0.2) is 12.1 Å². The molecule has 94 valence electrons. The molecule has 0 fully saturated rings. The molecule has 0 radical (unpaired) electrons. The van der Waals surface area contributed by atoms with Crippen LogP contribution in [0.5, 0.6) is 0 Å². The van der Waals surface area contributed by atoms with Crippen LogP contribution in [0.3, 0.4) is 0 Å². The summed E-state index contributed by atoms with van der Waals surface area (Å²) in [5.41, 5.74) is 2.54. The number of hydrogen-bond donors (Lipinski definition) is 1. The lowest BCUT2D eigenvalue weighted by molar-refractivity contribution is 0.102. The standard InChI is InChI=1S/C12H14N4OS/c1-4-9-6-5-7(2)13-11(9)14-12(17)10-8(3)15-16-18-10/h5-6H,4H2,1-3H3,(H,13,14,17). The minimum Gasteiger partial charge on any atom is -0.306 e. The average molecular weight is 262 g/mol. The van der Waals surface area contributed by atoms with Gasteiger partial charge < -0.3 is 5.32 Å². The maximum atomic E-state index is 12.1. The third kappa shape index (κ3) is 2.53. The molecule has 0 aliphatic rings. The lowest BCUT2D eigenvalue weighted by atomic mass is 10.2. The van der Waals surface area contributed by atoms with E-state index >= 15 is 0 Å². The molecule has 0 atom stereocenters. The number of carbonyl (C=O) groups excluding carboxylic acids is 1. The summed E-state index contributed by atoms with van der Waals surface area (Å²) in [6.07, 6.45) is 0.822. The summed E-state index contributed by atoms with van der Waals surface area (Å²) in [7, 11) is 0. The first-order chi connectivity index (χ1) is 8.61. The summed E-state index contributed by atoms with van der Waals surface area (Å²) in [4.78, 5) is 16.9. The van der Waals surface area contributed by atoms with Gasteiger partial charge in [0, 0.05) is 5.69 Å².